The Morgan fingerprint density at radius 2 is 0.951 bits per heavy atom. The third kappa shape index (κ3) is 41.5. The van der Waals surface area contributed by atoms with E-state index in [2.05, 4.69) is 27.7 Å². The summed E-state index contributed by atoms with van der Waals surface area (Å²) in [5, 5.41) is 8.48. The molecule has 1 atom stereocenters. The van der Waals surface area contributed by atoms with Gasteiger partial charge in [0.1, 0.15) is 0 Å². The average molecular weight is 601 g/mol. The summed E-state index contributed by atoms with van der Waals surface area (Å²) in [6, 6.07) is 0. The molecular formula is C36H72O4S. The van der Waals surface area contributed by atoms with Crippen LogP contribution in [0.5, 0.6) is 0 Å². The van der Waals surface area contributed by atoms with Crippen LogP contribution in [0.1, 0.15) is 195 Å². The minimum Gasteiger partial charge on any atom is -0.481 e. The number of hydrogen-bond acceptors (Lipinski definition) is 4. The highest BCUT2D eigenvalue weighted by Gasteiger charge is 2.07. The van der Waals surface area contributed by atoms with Crippen LogP contribution in [0.25, 0.3) is 0 Å². The van der Waals surface area contributed by atoms with Crippen molar-refractivity contribution in [3.8, 4) is 0 Å². The smallest absolute Gasteiger partial charge is 0.305 e. The third-order valence-corrected chi connectivity index (χ3v) is 8.19. The molecule has 0 aromatic heterocycles. The Morgan fingerprint density at radius 3 is 1.34 bits per heavy atom. The van der Waals surface area contributed by atoms with E-state index in [1.165, 1.54) is 116 Å². The Bertz CT molecular complexity index is 550. The lowest BCUT2D eigenvalue weighted by Crippen LogP contribution is -2.07. The normalized spacial score (nSPS) is 11.9. The molecular weight excluding hydrogens is 528 g/mol. The minimum absolute atomic E-state index is 0.0147. The van der Waals surface area contributed by atoms with Gasteiger partial charge in [-0.15, -0.1) is 0 Å². The van der Waals surface area contributed by atoms with Gasteiger partial charge in [-0.25, -0.2) is 0 Å². The molecule has 0 aliphatic rings. The SMILES string of the molecule is CC(C)CCCCCCCCCCOC(=O)CCCC(S)CCCCCCCCCCC(C)C.CCCCC(=O)O. The second-order valence-electron chi connectivity index (χ2n) is 13.1. The number of carbonyl (C=O) groups is 2. The first-order valence-corrected chi connectivity index (χ1v) is 18.3. The van der Waals surface area contributed by atoms with Crippen LogP contribution < -0.4 is 0 Å². The van der Waals surface area contributed by atoms with E-state index in [4.69, 9.17) is 22.5 Å². The maximum absolute atomic E-state index is 11.9. The molecule has 0 aromatic rings. The number of esters is 1. The molecule has 41 heavy (non-hydrogen) atoms. The van der Waals surface area contributed by atoms with E-state index in [1.807, 2.05) is 6.92 Å². The molecule has 0 radical (unpaired) electrons. The van der Waals surface area contributed by atoms with Crippen LogP contribution in [0.15, 0.2) is 0 Å². The summed E-state index contributed by atoms with van der Waals surface area (Å²) in [6.07, 6.45) is 29.9. The van der Waals surface area contributed by atoms with Crippen molar-refractivity contribution in [3.05, 3.63) is 0 Å². The van der Waals surface area contributed by atoms with E-state index >= 15 is 0 Å². The van der Waals surface area contributed by atoms with Crippen molar-refractivity contribution < 1.29 is 19.4 Å². The fraction of sp³-hybridized carbons (Fsp3) is 0.944. The summed E-state index contributed by atoms with van der Waals surface area (Å²) < 4.78 is 5.41. The lowest BCUT2D eigenvalue weighted by molar-refractivity contribution is -0.144. The highest BCUT2D eigenvalue weighted by molar-refractivity contribution is 7.80. The number of unbranched alkanes of at least 4 members (excludes halogenated alkanes) is 15. The second-order valence-corrected chi connectivity index (χ2v) is 13.8. The van der Waals surface area contributed by atoms with Crippen LogP contribution in [0, 0.1) is 11.8 Å². The van der Waals surface area contributed by atoms with Crippen molar-refractivity contribution in [2.24, 2.45) is 11.8 Å². The second kappa shape index (κ2) is 33.8. The summed E-state index contributed by atoms with van der Waals surface area (Å²) in [5.74, 6) is 1.00. The Morgan fingerprint density at radius 1 is 0.561 bits per heavy atom. The zero-order chi connectivity index (χ0) is 31.0. The van der Waals surface area contributed by atoms with Crippen molar-refractivity contribution in [3.63, 3.8) is 0 Å². The lowest BCUT2D eigenvalue weighted by atomic mass is 10.0. The number of carbonyl (C=O) groups excluding carboxylic acids is 1. The Labute approximate surface area is 262 Å². The molecule has 5 heteroatoms. The molecule has 0 saturated carbocycles. The van der Waals surface area contributed by atoms with Gasteiger partial charge in [-0.3, -0.25) is 9.59 Å². The Hall–Kier alpha value is -0.710. The molecule has 0 fully saturated rings. The van der Waals surface area contributed by atoms with E-state index < -0.39 is 5.97 Å². The van der Waals surface area contributed by atoms with E-state index in [1.54, 1.807) is 0 Å². The van der Waals surface area contributed by atoms with Gasteiger partial charge in [0, 0.05) is 18.1 Å². The molecule has 0 heterocycles. The number of carboxylic acid groups (broad SMARTS) is 1. The maximum atomic E-state index is 11.9. The Balaban J connectivity index is 0. The van der Waals surface area contributed by atoms with Gasteiger partial charge < -0.3 is 9.84 Å². The van der Waals surface area contributed by atoms with Gasteiger partial charge in [0.15, 0.2) is 0 Å². The van der Waals surface area contributed by atoms with Gasteiger partial charge in [0.2, 0.25) is 0 Å². The first-order valence-electron chi connectivity index (χ1n) is 17.7. The number of ether oxygens (including phenoxy) is 1. The molecule has 0 saturated heterocycles. The van der Waals surface area contributed by atoms with E-state index in [0.29, 0.717) is 24.7 Å². The van der Waals surface area contributed by atoms with Crippen LogP contribution >= 0.6 is 12.6 Å². The molecule has 246 valence electrons. The Kier molecular flexibility index (Phi) is 35.0. The summed E-state index contributed by atoms with van der Waals surface area (Å²) in [5.41, 5.74) is 0. The molecule has 0 rings (SSSR count). The number of aliphatic carboxylic acids is 1. The maximum Gasteiger partial charge on any atom is 0.305 e. The standard InChI is InChI=1S/C31H62O2S.C5H10O2/c1-28(2)22-17-13-9-5-6-11-15-19-24-30(34)25-21-26-31(32)33-27-20-16-12-8-7-10-14-18-23-29(3)4;1-2-3-4-5(6)7/h28-30,34H,5-27H2,1-4H3;2-4H2,1H3,(H,6,7). The molecule has 1 N–H and O–H groups in total. The predicted octanol–water partition coefficient (Wildman–Crippen LogP) is 12.0. The largest absolute Gasteiger partial charge is 0.481 e. The zero-order valence-corrected chi connectivity index (χ0v) is 29.1. The molecule has 0 amide bonds. The quantitative estimate of drug-likeness (QED) is 0.0509. The molecule has 0 aliphatic carbocycles. The fourth-order valence-electron chi connectivity index (χ4n) is 4.92. The van der Waals surface area contributed by atoms with Crippen molar-refractivity contribution in [1.82, 2.24) is 0 Å². The fourth-order valence-corrected chi connectivity index (χ4v) is 5.29. The van der Waals surface area contributed by atoms with Crippen LogP contribution in [-0.4, -0.2) is 28.9 Å². The highest BCUT2D eigenvalue weighted by Crippen LogP contribution is 2.18. The van der Waals surface area contributed by atoms with Crippen molar-refractivity contribution in [2.75, 3.05) is 6.61 Å². The van der Waals surface area contributed by atoms with Gasteiger partial charge in [-0.05, 0) is 43.9 Å². The number of thiol groups is 1. The van der Waals surface area contributed by atoms with E-state index in [0.717, 1.165) is 43.9 Å². The van der Waals surface area contributed by atoms with E-state index in [-0.39, 0.29) is 5.97 Å². The monoisotopic (exact) mass is 601 g/mol. The zero-order valence-electron chi connectivity index (χ0n) is 28.2. The summed E-state index contributed by atoms with van der Waals surface area (Å²) >= 11 is 4.73. The van der Waals surface area contributed by atoms with Gasteiger partial charge in [0.05, 0.1) is 6.61 Å². The van der Waals surface area contributed by atoms with Crippen molar-refractivity contribution in [1.29, 1.82) is 0 Å². The lowest BCUT2D eigenvalue weighted by Gasteiger charge is -2.10. The molecule has 4 nitrogen and oxygen atoms in total. The number of carboxylic acids is 1. The number of hydrogen-bond donors (Lipinski definition) is 2. The van der Waals surface area contributed by atoms with Crippen molar-refractivity contribution >= 4 is 24.6 Å². The minimum atomic E-state index is -0.693. The van der Waals surface area contributed by atoms with Crippen LogP contribution in [0.2, 0.25) is 0 Å². The van der Waals surface area contributed by atoms with Gasteiger partial charge in [0.25, 0.3) is 0 Å². The van der Waals surface area contributed by atoms with Gasteiger partial charge in [-0.2, -0.15) is 12.6 Å². The molecule has 0 aromatic carbocycles. The molecule has 0 bridgehead atoms. The summed E-state index contributed by atoms with van der Waals surface area (Å²) in [7, 11) is 0. The predicted molar refractivity (Wildman–Crippen MR) is 182 cm³/mol. The van der Waals surface area contributed by atoms with Crippen LogP contribution in [-0.2, 0) is 14.3 Å². The summed E-state index contributed by atoms with van der Waals surface area (Å²) in [4.78, 5) is 21.7. The van der Waals surface area contributed by atoms with Crippen molar-refractivity contribution in [2.45, 2.75) is 200 Å². The molecule has 0 aliphatic heterocycles. The third-order valence-electron chi connectivity index (χ3n) is 7.67. The first kappa shape index (κ1) is 42.4. The van der Waals surface area contributed by atoms with Crippen LogP contribution in [0.3, 0.4) is 0 Å². The number of rotatable bonds is 29. The highest BCUT2D eigenvalue weighted by atomic mass is 32.1. The van der Waals surface area contributed by atoms with Gasteiger partial charge >= 0.3 is 11.9 Å². The molecule has 1 unspecified atom stereocenters. The average Bonchev–Trinajstić information content (AvgIpc) is 2.91. The topological polar surface area (TPSA) is 63.6 Å². The van der Waals surface area contributed by atoms with Gasteiger partial charge in [-0.1, -0.05) is 150 Å². The summed E-state index contributed by atoms with van der Waals surface area (Å²) in [6.45, 7) is 11.8. The molecule has 0 spiro atoms. The van der Waals surface area contributed by atoms with Crippen LogP contribution in [0.4, 0.5) is 0 Å². The van der Waals surface area contributed by atoms with E-state index in [9.17, 15) is 9.59 Å². The first-order chi connectivity index (χ1) is 19.7.